The topological polar surface area (TPSA) is 51.8 Å². The van der Waals surface area contributed by atoms with Crippen molar-refractivity contribution in [3.8, 4) is 78.7 Å². The van der Waals surface area contributed by atoms with Gasteiger partial charge in [0.05, 0.1) is 0 Å². The van der Waals surface area contributed by atoms with E-state index in [4.69, 9.17) is 19.4 Å². The van der Waals surface area contributed by atoms with Crippen LogP contribution in [0, 0.1) is 0 Å². The quantitative estimate of drug-likeness (QED) is 0.161. The van der Waals surface area contributed by atoms with Gasteiger partial charge >= 0.3 is 0 Å². The van der Waals surface area contributed by atoms with Gasteiger partial charge in [-0.25, -0.2) is 15.0 Å². The molecule has 0 atom stereocenters. The van der Waals surface area contributed by atoms with Gasteiger partial charge in [-0.1, -0.05) is 170 Å². The fraction of sp³-hybridized carbons (Fsp3) is 0. The average molecular weight is 810 g/mol. The van der Waals surface area contributed by atoms with Crippen LogP contribution in [-0.2, 0) is 0 Å². The Labute approximate surface area is 362 Å². The van der Waals surface area contributed by atoms with Crippen LogP contribution in [0.5, 0.6) is 0 Å². The molecule has 0 radical (unpaired) electrons. The summed E-state index contributed by atoms with van der Waals surface area (Å²) in [5, 5.41) is 4.49. The molecule has 0 N–H and O–H groups in total. The Bertz CT molecular complexity index is 3530. The number of aromatic nitrogens is 3. The molecule has 12 rings (SSSR count). The summed E-state index contributed by atoms with van der Waals surface area (Å²) in [6.45, 7) is 0. The maximum atomic E-state index is 6.65. The minimum absolute atomic E-state index is 0.579. The number of rotatable bonds is 7. The predicted molar refractivity (Wildman–Crippen MR) is 258 cm³/mol. The van der Waals surface area contributed by atoms with E-state index in [1.807, 2.05) is 35.6 Å². The molecule has 12 aromatic rings. The molecule has 9 aromatic carbocycles. The summed E-state index contributed by atoms with van der Waals surface area (Å²) in [6, 6.07) is 74.5. The molecular weight excluding hydrogens is 775 g/mol. The third-order valence-corrected chi connectivity index (χ3v) is 12.9. The fourth-order valence-corrected chi connectivity index (χ4v) is 9.95. The van der Waals surface area contributed by atoms with Crippen LogP contribution in [0.15, 0.2) is 217 Å². The summed E-state index contributed by atoms with van der Waals surface area (Å²) in [5.41, 5.74) is 13.4. The van der Waals surface area contributed by atoms with Crippen LogP contribution >= 0.6 is 11.3 Å². The Morgan fingerprint density at radius 2 is 0.871 bits per heavy atom. The zero-order chi connectivity index (χ0) is 41.0. The molecule has 3 heterocycles. The zero-order valence-corrected chi connectivity index (χ0v) is 34.2. The molecule has 0 saturated heterocycles. The standard InChI is InChI=1S/C57H35N3OS/c1-4-15-36(16-5-1)39-21-12-23-42(33-39)55-58-56(43-24-13-22-40(34-43)37-17-6-2-7-18-37)60-57(59-55)46-26-14-27-49-53(46)47-35-41(29-31-48(47)61-49)52-44(38-19-8-3-9-20-38)30-32-51-54(52)45-25-10-11-28-50(45)62-51/h1-35H. The fourth-order valence-electron chi connectivity index (χ4n) is 8.83. The predicted octanol–water partition coefficient (Wildman–Crippen LogP) is 15.8. The highest BCUT2D eigenvalue weighted by Crippen LogP contribution is 2.47. The third-order valence-electron chi connectivity index (χ3n) is 11.7. The van der Waals surface area contributed by atoms with Gasteiger partial charge in [-0.15, -0.1) is 11.3 Å². The number of thiophene rings is 1. The first-order valence-corrected chi connectivity index (χ1v) is 21.6. The van der Waals surface area contributed by atoms with E-state index in [0.717, 1.165) is 66.4 Å². The molecule has 4 nitrogen and oxygen atoms in total. The van der Waals surface area contributed by atoms with Gasteiger partial charge in [-0.05, 0) is 87.0 Å². The Kier molecular flexibility index (Phi) is 8.65. The van der Waals surface area contributed by atoms with Crippen LogP contribution in [-0.4, -0.2) is 15.0 Å². The van der Waals surface area contributed by atoms with Crippen molar-refractivity contribution in [3.63, 3.8) is 0 Å². The van der Waals surface area contributed by atoms with Crippen molar-refractivity contribution >= 4 is 53.4 Å². The molecule has 0 aliphatic rings. The highest BCUT2D eigenvalue weighted by molar-refractivity contribution is 7.26. The number of benzene rings is 9. The maximum Gasteiger partial charge on any atom is 0.164 e. The number of nitrogens with zero attached hydrogens (tertiary/aromatic N) is 3. The molecule has 0 unspecified atom stereocenters. The van der Waals surface area contributed by atoms with Gasteiger partial charge in [-0.3, -0.25) is 0 Å². The summed E-state index contributed by atoms with van der Waals surface area (Å²) in [6.07, 6.45) is 0. The number of fused-ring (bicyclic) bond motifs is 6. The molecule has 0 aliphatic heterocycles. The van der Waals surface area contributed by atoms with E-state index in [1.54, 1.807) is 0 Å². The van der Waals surface area contributed by atoms with Gasteiger partial charge in [0.2, 0.25) is 0 Å². The van der Waals surface area contributed by atoms with E-state index in [-0.39, 0.29) is 0 Å². The van der Waals surface area contributed by atoms with Crippen molar-refractivity contribution in [1.29, 1.82) is 0 Å². The van der Waals surface area contributed by atoms with Crippen LogP contribution in [0.1, 0.15) is 0 Å². The lowest BCUT2D eigenvalue weighted by molar-refractivity contribution is 0.669. The first kappa shape index (κ1) is 35.9. The lowest BCUT2D eigenvalue weighted by Gasteiger charge is -2.13. The molecule has 0 spiro atoms. The molecule has 0 aliphatic carbocycles. The van der Waals surface area contributed by atoms with E-state index >= 15 is 0 Å². The van der Waals surface area contributed by atoms with Gasteiger partial charge in [0.15, 0.2) is 17.5 Å². The number of hydrogen-bond acceptors (Lipinski definition) is 5. The summed E-state index contributed by atoms with van der Waals surface area (Å²) >= 11 is 1.84. The molecule has 5 heteroatoms. The van der Waals surface area contributed by atoms with Crippen molar-refractivity contribution in [2.24, 2.45) is 0 Å². The minimum Gasteiger partial charge on any atom is -0.456 e. The molecule has 290 valence electrons. The van der Waals surface area contributed by atoms with Crippen molar-refractivity contribution in [2.45, 2.75) is 0 Å². The van der Waals surface area contributed by atoms with Crippen molar-refractivity contribution in [3.05, 3.63) is 212 Å². The second kappa shape index (κ2) is 14.9. The monoisotopic (exact) mass is 809 g/mol. The number of furan rings is 1. The summed E-state index contributed by atoms with van der Waals surface area (Å²) in [4.78, 5) is 15.8. The van der Waals surface area contributed by atoms with E-state index in [9.17, 15) is 0 Å². The summed E-state index contributed by atoms with van der Waals surface area (Å²) < 4.78 is 9.19. The molecule has 0 saturated carbocycles. The third kappa shape index (κ3) is 6.26. The smallest absolute Gasteiger partial charge is 0.164 e. The SMILES string of the molecule is c1ccc(-c2cccc(-c3nc(-c4cccc(-c5ccccc5)c4)nc(-c4cccc5oc6ccc(-c7c(-c8ccccc8)ccc8sc9ccccc9c78)cc6c45)n3)c2)cc1. The Morgan fingerprint density at radius 3 is 1.55 bits per heavy atom. The molecule has 0 amide bonds. The van der Waals surface area contributed by atoms with Crippen molar-refractivity contribution in [1.82, 2.24) is 15.0 Å². The van der Waals surface area contributed by atoms with Crippen LogP contribution in [0.3, 0.4) is 0 Å². The summed E-state index contributed by atoms with van der Waals surface area (Å²) in [7, 11) is 0. The highest BCUT2D eigenvalue weighted by atomic mass is 32.1. The van der Waals surface area contributed by atoms with Gasteiger partial charge < -0.3 is 4.42 Å². The first-order chi connectivity index (χ1) is 30.7. The normalized spacial score (nSPS) is 11.5. The van der Waals surface area contributed by atoms with E-state index in [2.05, 4.69) is 188 Å². The highest BCUT2D eigenvalue weighted by Gasteiger charge is 2.21. The van der Waals surface area contributed by atoms with Gasteiger partial charge in [0, 0.05) is 47.6 Å². The van der Waals surface area contributed by atoms with Crippen LogP contribution < -0.4 is 0 Å². The van der Waals surface area contributed by atoms with Crippen LogP contribution in [0.2, 0.25) is 0 Å². The summed E-state index contributed by atoms with van der Waals surface area (Å²) in [5.74, 6) is 1.78. The minimum atomic E-state index is 0.579. The first-order valence-electron chi connectivity index (χ1n) is 20.8. The van der Waals surface area contributed by atoms with Crippen molar-refractivity contribution in [2.75, 3.05) is 0 Å². The Morgan fingerprint density at radius 1 is 0.306 bits per heavy atom. The van der Waals surface area contributed by atoms with Crippen LogP contribution in [0.25, 0.3) is 121 Å². The van der Waals surface area contributed by atoms with Gasteiger partial charge in [-0.2, -0.15) is 0 Å². The Hall–Kier alpha value is -7.99. The zero-order valence-electron chi connectivity index (χ0n) is 33.4. The lowest BCUT2D eigenvalue weighted by atomic mass is 9.90. The van der Waals surface area contributed by atoms with Gasteiger partial charge in [0.1, 0.15) is 11.2 Å². The molecule has 0 bridgehead atoms. The largest absolute Gasteiger partial charge is 0.456 e. The van der Waals surface area contributed by atoms with Gasteiger partial charge in [0.25, 0.3) is 0 Å². The maximum absolute atomic E-state index is 6.65. The van der Waals surface area contributed by atoms with E-state index in [1.165, 1.54) is 36.9 Å². The number of hydrogen-bond donors (Lipinski definition) is 0. The van der Waals surface area contributed by atoms with E-state index < -0.39 is 0 Å². The van der Waals surface area contributed by atoms with Crippen molar-refractivity contribution < 1.29 is 4.42 Å². The van der Waals surface area contributed by atoms with E-state index in [0.29, 0.717) is 17.5 Å². The molecule has 62 heavy (non-hydrogen) atoms. The molecule has 0 fully saturated rings. The Balaban J connectivity index is 1.09. The second-order valence-corrected chi connectivity index (χ2v) is 16.6. The lowest BCUT2D eigenvalue weighted by Crippen LogP contribution is -2.00. The van der Waals surface area contributed by atoms with Crippen LogP contribution in [0.4, 0.5) is 0 Å². The molecule has 3 aromatic heterocycles. The molecular formula is C57H35N3OS. The average Bonchev–Trinajstić information content (AvgIpc) is 3.93. The second-order valence-electron chi connectivity index (χ2n) is 15.5.